The third kappa shape index (κ3) is 4.00. The molecule has 1 unspecified atom stereocenters. The molecule has 1 aromatic rings. The number of nitrogens with zero attached hydrogens (tertiary/aromatic N) is 2. The average molecular weight is 342 g/mol. The van der Waals surface area contributed by atoms with Gasteiger partial charge in [-0.2, -0.15) is 0 Å². The molecular formula is C16H21ClFN3O2. The van der Waals surface area contributed by atoms with Crippen LogP contribution in [0.3, 0.4) is 0 Å². The van der Waals surface area contributed by atoms with Crippen LogP contribution >= 0.6 is 12.4 Å². The van der Waals surface area contributed by atoms with Crippen LogP contribution in [0.15, 0.2) is 24.3 Å². The minimum absolute atomic E-state index is 0. The van der Waals surface area contributed by atoms with E-state index in [-0.39, 0.29) is 36.1 Å². The van der Waals surface area contributed by atoms with Gasteiger partial charge in [0, 0.05) is 31.7 Å². The number of rotatable bonds is 2. The lowest BCUT2D eigenvalue weighted by Gasteiger charge is -2.36. The van der Waals surface area contributed by atoms with Crippen molar-refractivity contribution in [3.05, 3.63) is 35.6 Å². The summed E-state index contributed by atoms with van der Waals surface area (Å²) in [5, 5.41) is 3.21. The molecule has 2 fully saturated rings. The molecule has 126 valence electrons. The molecule has 1 aromatic carbocycles. The van der Waals surface area contributed by atoms with Gasteiger partial charge in [-0.1, -0.05) is 0 Å². The third-order valence-electron chi connectivity index (χ3n) is 4.33. The molecule has 0 spiro atoms. The fourth-order valence-corrected chi connectivity index (χ4v) is 3.02. The molecule has 5 nitrogen and oxygen atoms in total. The van der Waals surface area contributed by atoms with E-state index in [1.54, 1.807) is 4.90 Å². The van der Waals surface area contributed by atoms with Crippen LogP contribution in [0.5, 0.6) is 0 Å². The molecule has 2 saturated heterocycles. The number of hydrogen-bond acceptors (Lipinski definition) is 3. The quantitative estimate of drug-likeness (QED) is 0.881. The van der Waals surface area contributed by atoms with Gasteiger partial charge in [-0.3, -0.25) is 9.59 Å². The number of nitrogens with one attached hydrogen (secondary N) is 1. The number of hydrogen-bond donors (Lipinski definition) is 1. The Labute approximate surface area is 141 Å². The van der Waals surface area contributed by atoms with Gasteiger partial charge in [0.05, 0.1) is 6.04 Å². The van der Waals surface area contributed by atoms with E-state index in [9.17, 15) is 14.0 Å². The van der Waals surface area contributed by atoms with Gasteiger partial charge in [-0.15, -0.1) is 12.4 Å². The molecule has 0 bridgehead atoms. The standard InChI is InChI=1S/C16H20FN3O2.ClH/c17-13-5-3-12(4-6-13)15(21)19-8-10-20(11-9-19)16(22)14-2-1-7-18-14;/h3-6,14,18H,1-2,7-11H2;1H. The summed E-state index contributed by atoms with van der Waals surface area (Å²) in [6, 6.07) is 5.52. The Morgan fingerprint density at radius 2 is 1.65 bits per heavy atom. The minimum atomic E-state index is -0.351. The maximum absolute atomic E-state index is 12.9. The molecule has 0 radical (unpaired) electrons. The van der Waals surface area contributed by atoms with Gasteiger partial charge in [0.2, 0.25) is 5.91 Å². The number of carbonyl (C=O) groups excluding carboxylic acids is 2. The average Bonchev–Trinajstić information content (AvgIpc) is 3.09. The fraction of sp³-hybridized carbons (Fsp3) is 0.500. The highest BCUT2D eigenvalue weighted by atomic mass is 35.5. The van der Waals surface area contributed by atoms with Crippen LogP contribution in [0.4, 0.5) is 4.39 Å². The van der Waals surface area contributed by atoms with Crippen LogP contribution in [0, 0.1) is 5.82 Å². The van der Waals surface area contributed by atoms with Crippen LogP contribution in [-0.2, 0) is 4.79 Å². The highest BCUT2D eigenvalue weighted by Gasteiger charge is 2.30. The number of halogens is 2. The Balaban J connectivity index is 0.00000192. The number of carbonyl (C=O) groups is 2. The Morgan fingerprint density at radius 3 is 2.22 bits per heavy atom. The molecule has 0 saturated carbocycles. The molecule has 23 heavy (non-hydrogen) atoms. The van der Waals surface area contributed by atoms with Gasteiger partial charge >= 0.3 is 0 Å². The van der Waals surface area contributed by atoms with E-state index in [0.29, 0.717) is 31.7 Å². The van der Waals surface area contributed by atoms with E-state index in [2.05, 4.69) is 5.32 Å². The van der Waals surface area contributed by atoms with Crippen LogP contribution in [0.2, 0.25) is 0 Å². The summed E-state index contributed by atoms with van der Waals surface area (Å²) >= 11 is 0. The predicted octanol–water partition coefficient (Wildman–Crippen LogP) is 1.28. The summed E-state index contributed by atoms with van der Waals surface area (Å²) < 4.78 is 12.9. The molecule has 3 rings (SSSR count). The van der Waals surface area contributed by atoms with E-state index >= 15 is 0 Å². The first-order chi connectivity index (χ1) is 10.6. The van der Waals surface area contributed by atoms with Crippen molar-refractivity contribution in [3.8, 4) is 0 Å². The van der Waals surface area contributed by atoms with E-state index in [4.69, 9.17) is 0 Å². The summed E-state index contributed by atoms with van der Waals surface area (Å²) in [6.45, 7) is 3.07. The minimum Gasteiger partial charge on any atom is -0.338 e. The van der Waals surface area contributed by atoms with Crippen LogP contribution < -0.4 is 5.32 Å². The van der Waals surface area contributed by atoms with Gasteiger partial charge in [0.25, 0.3) is 5.91 Å². The molecule has 0 aromatic heterocycles. The molecule has 7 heteroatoms. The first-order valence-corrected chi connectivity index (χ1v) is 7.72. The Hall–Kier alpha value is -1.66. The van der Waals surface area contributed by atoms with Gasteiger partial charge in [0.15, 0.2) is 0 Å². The van der Waals surface area contributed by atoms with Crippen molar-refractivity contribution in [2.75, 3.05) is 32.7 Å². The molecule has 2 aliphatic heterocycles. The topological polar surface area (TPSA) is 52.7 Å². The first kappa shape index (κ1) is 17.7. The predicted molar refractivity (Wildman–Crippen MR) is 87.2 cm³/mol. The zero-order valence-corrected chi connectivity index (χ0v) is 13.7. The van der Waals surface area contributed by atoms with Crippen LogP contribution in [0.25, 0.3) is 0 Å². The van der Waals surface area contributed by atoms with Crippen molar-refractivity contribution in [2.24, 2.45) is 0 Å². The Morgan fingerprint density at radius 1 is 1.04 bits per heavy atom. The smallest absolute Gasteiger partial charge is 0.253 e. The van der Waals surface area contributed by atoms with Crippen molar-refractivity contribution in [1.29, 1.82) is 0 Å². The summed E-state index contributed by atoms with van der Waals surface area (Å²) in [6.07, 6.45) is 1.94. The molecule has 1 atom stereocenters. The number of piperazine rings is 1. The van der Waals surface area contributed by atoms with Crippen molar-refractivity contribution >= 4 is 24.2 Å². The van der Waals surface area contributed by atoms with Gasteiger partial charge in [-0.05, 0) is 43.7 Å². The molecule has 0 aliphatic carbocycles. The second-order valence-corrected chi connectivity index (χ2v) is 5.77. The zero-order chi connectivity index (χ0) is 15.5. The van der Waals surface area contributed by atoms with Gasteiger partial charge in [-0.25, -0.2) is 4.39 Å². The van der Waals surface area contributed by atoms with Crippen molar-refractivity contribution in [1.82, 2.24) is 15.1 Å². The van der Waals surface area contributed by atoms with Crippen molar-refractivity contribution in [2.45, 2.75) is 18.9 Å². The monoisotopic (exact) mass is 341 g/mol. The summed E-state index contributed by atoms with van der Waals surface area (Å²) in [5.41, 5.74) is 0.485. The highest BCUT2D eigenvalue weighted by molar-refractivity contribution is 5.94. The number of amides is 2. The molecular weight excluding hydrogens is 321 g/mol. The molecule has 2 amide bonds. The lowest BCUT2D eigenvalue weighted by Crippen LogP contribution is -2.54. The normalized spacial score (nSPS) is 21.0. The first-order valence-electron chi connectivity index (χ1n) is 7.72. The van der Waals surface area contributed by atoms with Crippen molar-refractivity contribution in [3.63, 3.8) is 0 Å². The highest BCUT2D eigenvalue weighted by Crippen LogP contribution is 2.13. The zero-order valence-electron chi connectivity index (χ0n) is 12.8. The van der Waals surface area contributed by atoms with Gasteiger partial charge in [0.1, 0.15) is 5.82 Å². The van der Waals surface area contributed by atoms with E-state index in [1.165, 1.54) is 24.3 Å². The lowest BCUT2D eigenvalue weighted by atomic mass is 10.1. The van der Waals surface area contributed by atoms with Gasteiger partial charge < -0.3 is 15.1 Å². The maximum atomic E-state index is 12.9. The van der Waals surface area contributed by atoms with Crippen LogP contribution in [-0.4, -0.2) is 60.4 Å². The largest absolute Gasteiger partial charge is 0.338 e. The van der Waals surface area contributed by atoms with Crippen LogP contribution in [0.1, 0.15) is 23.2 Å². The molecule has 1 N–H and O–H groups in total. The summed E-state index contributed by atoms with van der Waals surface area (Å²) in [7, 11) is 0. The van der Waals surface area contributed by atoms with E-state index in [1.807, 2.05) is 4.90 Å². The fourth-order valence-electron chi connectivity index (χ4n) is 3.02. The third-order valence-corrected chi connectivity index (χ3v) is 4.33. The lowest BCUT2D eigenvalue weighted by molar-refractivity contribution is -0.134. The SMILES string of the molecule is Cl.O=C(c1ccc(F)cc1)N1CCN(C(=O)C2CCCN2)CC1. The summed E-state index contributed by atoms with van der Waals surface area (Å²) in [4.78, 5) is 28.2. The van der Waals surface area contributed by atoms with E-state index in [0.717, 1.165) is 19.4 Å². The number of benzene rings is 1. The second-order valence-electron chi connectivity index (χ2n) is 5.77. The Kier molecular flexibility index (Phi) is 5.96. The second kappa shape index (κ2) is 7.75. The Bertz CT molecular complexity index is 553. The molecule has 2 aliphatic rings. The maximum Gasteiger partial charge on any atom is 0.253 e. The molecule has 2 heterocycles. The summed E-state index contributed by atoms with van der Waals surface area (Å²) in [5.74, 6) is -0.312. The van der Waals surface area contributed by atoms with Crippen molar-refractivity contribution < 1.29 is 14.0 Å². The van der Waals surface area contributed by atoms with E-state index < -0.39 is 0 Å².